The second kappa shape index (κ2) is 9.21. The average molecular weight is 454 g/mol. The minimum Gasteiger partial charge on any atom is -0.361 e. The Bertz CT molecular complexity index is 1140. The van der Waals surface area contributed by atoms with Gasteiger partial charge in [-0.15, -0.1) is 0 Å². The van der Waals surface area contributed by atoms with Crippen LogP contribution >= 0.6 is 23.1 Å². The fraction of sp³-hybridized carbons (Fsp3) is 0.333. The molecule has 2 aliphatic rings. The van der Waals surface area contributed by atoms with Crippen LogP contribution in [-0.4, -0.2) is 57.3 Å². The average Bonchev–Trinajstić information content (AvgIpc) is 3.55. The normalized spacial score (nSPS) is 19.7. The monoisotopic (exact) mass is 453 g/mol. The van der Waals surface area contributed by atoms with E-state index in [0.717, 1.165) is 46.1 Å². The van der Waals surface area contributed by atoms with Gasteiger partial charge in [-0.05, 0) is 74.9 Å². The van der Waals surface area contributed by atoms with Crippen molar-refractivity contribution in [1.29, 1.82) is 0 Å². The van der Waals surface area contributed by atoms with Gasteiger partial charge in [0, 0.05) is 18.1 Å². The summed E-state index contributed by atoms with van der Waals surface area (Å²) in [4.78, 5) is 25.4. The largest absolute Gasteiger partial charge is 0.361 e. The number of nitrogens with zero attached hydrogens (tertiary/aromatic N) is 4. The van der Waals surface area contributed by atoms with Gasteiger partial charge in [0.15, 0.2) is 10.3 Å². The molecule has 1 amide bonds. The van der Waals surface area contributed by atoms with Crippen LogP contribution < -0.4 is 10.6 Å². The maximum absolute atomic E-state index is 12.4. The molecule has 2 fully saturated rings. The van der Waals surface area contributed by atoms with Gasteiger partial charge in [-0.1, -0.05) is 11.3 Å². The van der Waals surface area contributed by atoms with Gasteiger partial charge in [-0.3, -0.25) is 9.89 Å². The number of anilines is 1. The third kappa shape index (κ3) is 4.97. The van der Waals surface area contributed by atoms with Gasteiger partial charge in [0.25, 0.3) is 5.91 Å². The number of carbonyl (C=O) groups excluding carboxylic acids is 1. The summed E-state index contributed by atoms with van der Waals surface area (Å²) in [7, 11) is 0. The lowest BCUT2D eigenvalue weighted by molar-refractivity contribution is -0.115. The van der Waals surface area contributed by atoms with Crippen molar-refractivity contribution in [2.45, 2.75) is 19.3 Å². The van der Waals surface area contributed by atoms with Crippen LogP contribution in [0.2, 0.25) is 0 Å². The molecule has 0 radical (unpaired) electrons. The summed E-state index contributed by atoms with van der Waals surface area (Å²) in [5, 5.41) is 15.7. The molecule has 10 heteroatoms. The van der Waals surface area contributed by atoms with Gasteiger partial charge in [-0.25, -0.2) is 9.98 Å². The van der Waals surface area contributed by atoms with E-state index in [1.807, 2.05) is 24.3 Å². The van der Waals surface area contributed by atoms with E-state index in [9.17, 15) is 4.79 Å². The molecule has 31 heavy (non-hydrogen) atoms. The lowest BCUT2D eigenvalue weighted by atomic mass is 10.2. The molecule has 5 rings (SSSR count). The molecule has 0 unspecified atom stereocenters. The molecule has 2 saturated heterocycles. The first-order chi connectivity index (χ1) is 15.2. The fourth-order valence-corrected chi connectivity index (χ4v) is 5.35. The van der Waals surface area contributed by atoms with E-state index in [4.69, 9.17) is 0 Å². The zero-order valence-electron chi connectivity index (χ0n) is 16.9. The number of amides is 1. The lowest BCUT2D eigenvalue weighted by Crippen LogP contribution is -2.22. The summed E-state index contributed by atoms with van der Waals surface area (Å²) in [6, 6.07) is 5.77. The van der Waals surface area contributed by atoms with Crippen molar-refractivity contribution in [3.63, 3.8) is 0 Å². The minimum atomic E-state index is -0.139. The molecule has 0 atom stereocenters. The van der Waals surface area contributed by atoms with Crippen molar-refractivity contribution in [3.05, 3.63) is 40.4 Å². The predicted octanol–water partition coefficient (Wildman–Crippen LogP) is 3.81. The van der Waals surface area contributed by atoms with Gasteiger partial charge in [0.05, 0.1) is 27.2 Å². The molecule has 8 nitrogen and oxygen atoms in total. The minimum absolute atomic E-state index is 0.139. The second-order valence-electron chi connectivity index (χ2n) is 7.52. The van der Waals surface area contributed by atoms with Crippen molar-refractivity contribution in [1.82, 2.24) is 25.4 Å². The molecule has 3 aromatic rings. The first-order valence-electron chi connectivity index (χ1n) is 10.4. The molecule has 160 valence electrons. The standard InChI is InChI=1S/C21H23N7OS2/c29-19-18(31-21(26-19)25-15-5-4-14-12-24-27-17(14)10-15)11-16-13-23-20(30-16)22-6-3-9-28-7-1-2-8-28/h4-5,10-13H,1-3,6-9H2,(H,22,23)(H,24,27)(H,25,26,29)/b18-11-. The molecule has 0 aliphatic carbocycles. The number of H-pyrrole nitrogens is 1. The highest BCUT2D eigenvalue weighted by molar-refractivity contribution is 8.18. The van der Waals surface area contributed by atoms with Gasteiger partial charge >= 0.3 is 0 Å². The van der Waals surface area contributed by atoms with E-state index in [0.29, 0.717) is 10.1 Å². The third-order valence-electron chi connectivity index (χ3n) is 5.23. The Morgan fingerprint density at radius 2 is 2.16 bits per heavy atom. The number of thiazole rings is 1. The van der Waals surface area contributed by atoms with Gasteiger partial charge in [-0.2, -0.15) is 5.10 Å². The first-order valence-corrected chi connectivity index (χ1v) is 12.0. The Labute approximate surface area is 188 Å². The number of hydrogen-bond donors (Lipinski definition) is 3. The summed E-state index contributed by atoms with van der Waals surface area (Å²) in [5.74, 6) is -0.139. The maximum atomic E-state index is 12.4. The van der Waals surface area contributed by atoms with Crippen LogP contribution in [0.4, 0.5) is 10.8 Å². The number of fused-ring (bicyclic) bond motifs is 1. The molecular formula is C21H23N7OS2. The van der Waals surface area contributed by atoms with Crippen LogP contribution in [0.25, 0.3) is 17.0 Å². The van der Waals surface area contributed by atoms with Crippen LogP contribution in [0.1, 0.15) is 24.1 Å². The fourth-order valence-electron chi connectivity index (χ4n) is 3.66. The Morgan fingerprint density at radius 3 is 3.06 bits per heavy atom. The van der Waals surface area contributed by atoms with E-state index in [-0.39, 0.29) is 5.91 Å². The number of likely N-dealkylation sites (tertiary alicyclic amines) is 1. The number of nitrogens with one attached hydrogen (secondary N) is 3. The van der Waals surface area contributed by atoms with E-state index in [1.165, 1.54) is 37.7 Å². The predicted molar refractivity (Wildman–Crippen MR) is 128 cm³/mol. The summed E-state index contributed by atoms with van der Waals surface area (Å²) in [6.07, 6.45) is 9.21. The number of aliphatic imine (C=N–C) groups is 1. The van der Waals surface area contributed by atoms with E-state index < -0.39 is 0 Å². The van der Waals surface area contributed by atoms with Crippen molar-refractivity contribution in [2.75, 3.05) is 31.5 Å². The summed E-state index contributed by atoms with van der Waals surface area (Å²) in [5.41, 5.74) is 1.68. The van der Waals surface area contributed by atoms with E-state index in [2.05, 4.69) is 35.7 Å². The Hall–Kier alpha value is -2.69. The van der Waals surface area contributed by atoms with E-state index >= 15 is 0 Å². The lowest BCUT2D eigenvalue weighted by Gasteiger charge is -2.13. The number of benzene rings is 1. The van der Waals surface area contributed by atoms with Gasteiger partial charge in [0.2, 0.25) is 0 Å². The number of hydrogen-bond acceptors (Lipinski definition) is 8. The van der Waals surface area contributed by atoms with Crippen molar-refractivity contribution >= 4 is 62.0 Å². The van der Waals surface area contributed by atoms with Crippen LogP contribution in [0.15, 0.2) is 40.5 Å². The molecule has 2 aromatic heterocycles. The number of thioether (sulfide) groups is 1. The maximum Gasteiger partial charge on any atom is 0.264 e. The Kier molecular flexibility index (Phi) is 6.01. The third-order valence-corrected chi connectivity index (χ3v) is 7.04. The Morgan fingerprint density at radius 1 is 1.26 bits per heavy atom. The highest BCUT2D eigenvalue weighted by atomic mass is 32.2. The molecule has 0 saturated carbocycles. The van der Waals surface area contributed by atoms with E-state index in [1.54, 1.807) is 23.7 Å². The number of rotatable bonds is 7. The highest BCUT2D eigenvalue weighted by Gasteiger charge is 2.24. The summed E-state index contributed by atoms with van der Waals surface area (Å²) < 4.78 is 0. The summed E-state index contributed by atoms with van der Waals surface area (Å²) in [6.45, 7) is 4.52. The van der Waals surface area contributed by atoms with Crippen molar-refractivity contribution in [3.8, 4) is 0 Å². The zero-order chi connectivity index (χ0) is 21.0. The molecule has 2 aliphatic heterocycles. The van der Waals surface area contributed by atoms with Crippen LogP contribution in [0, 0.1) is 0 Å². The molecule has 3 N–H and O–H groups in total. The van der Waals surface area contributed by atoms with Crippen LogP contribution in [-0.2, 0) is 4.79 Å². The van der Waals surface area contributed by atoms with Crippen molar-refractivity contribution < 1.29 is 4.79 Å². The topological polar surface area (TPSA) is 98.3 Å². The molecular weight excluding hydrogens is 430 g/mol. The number of carbonyl (C=O) groups is 1. The molecule has 0 spiro atoms. The second-order valence-corrected chi connectivity index (χ2v) is 9.61. The smallest absolute Gasteiger partial charge is 0.264 e. The van der Waals surface area contributed by atoms with Crippen LogP contribution in [0.3, 0.4) is 0 Å². The van der Waals surface area contributed by atoms with Gasteiger partial charge < -0.3 is 15.5 Å². The SMILES string of the molecule is O=C1N/C(=N/c2ccc3cn[nH]c3c2)S/C1=C\c1cnc(NCCCN2CCCC2)s1. The zero-order valence-corrected chi connectivity index (χ0v) is 18.6. The van der Waals surface area contributed by atoms with Crippen LogP contribution in [0.5, 0.6) is 0 Å². The van der Waals surface area contributed by atoms with Gasteiger partial charge in [0.1, 0.15) is 0 Å². The van der Waals surface area contributed by atoms with Crippen molar-refractivity contribution in [2.24, 2.45) is 4.99 Å². The summed E-state index contributed by atoms with van der Waals surface area (Å²) >= 11 is 2.89. The number of aromatic amines is 1. The first kappa shape index (κ1) is 20.2. The molecule has 0 bridgehead atoms. The number of amidine groups is 1. The molecule has 1 aromatic carbocycles. The number of aromatic nitrogens is 3. The highest BCUT2D eigenvalue weighted by Crippen LogP contribution is 2.30. The quantitative estimate of drug-likeness (QED) is 0.372. The Balaban J connectivity index is 1.18. The molecule has 4 heterocycles.